The van der Waals surface area contributed by atoms with Crippen molar-refractivity contribution in [1.82, 2.24) is 0 Å². The van der Waals surface area contributed by atoms with Crippen LogP contribution < -0.4 is 10.7 Å². The fourth-order valence-electron chi connectivity index (χ4n) is 2.35. The second-order valence-corrected chi connectivity index (χ2v) is 6.54. The van der Waals surface area contributed by atoms with E-state index in [1.165, 1.54) is 25.1 Å². The summed E-state index contributed by atoms with van der Waals surface area (Å²) in [5.74, 6) is -1.81. The molecule has 1 heterocycles. The fourth-order valence-corrected chi connectivity index (χ4v) is 2.87. The number of benzene rings is 2. The van der Waals surface area contributed by atoms with Crippen molar-refractivity contribution >= 4 is 51.7 Å². The van der Waals surface area contributed by atoms with Crippen molar-refractivity contribution < 1.29 is 18.7 Å². The van der Waals surface area contributed by atoms with Gasteiger partial charge in [-0.3, -0.25) is 9.59 Å². The number of carbonyl (C=O) groups is 2. The van der Waals surface area contributed by atoms with Crippen LogP contribution in [0.4, 0.5) is 5.69 Å². The van der Waals surface area contributed by atoms with E-state index in [1.54, 1.807) is 24.3 Å². The number of ether oxygens (including phenoxy) is 1. The zero-order valence-corrected chi connectivity index (χ0v) is 15.5. The van der Waals surface area contributed by atoms with Crippen LogP contribution in [-0.4, -0.2) is 18.0 Å². The van der Waals surface area contributed by atoms with E-state index in [9.17, 15) is 14.4 Å². The minimum absolute atomic E-state index is 0.252. The molecule has 0 saturated carbocycles. The van der Waals surface area contributed by atoms with Crippen molar-refractivity contribution in [3.8, 4) is 0 Å². The lowest BCUT2D eigenvalue weighted by molar-refractivity contribution is -0.123. The number of esters is 1. The van der Waals surface area contributed by atoms with Gasteiger partial charge in [0, 0.05) is 21.8 Å². The second-order valence-electron chi connectivity index (χ2n) is 5.67. The van der Waals surface area contributed by atoms with E-state index < -0.39 is 18.0 Å². The summed E-state index contributed by atoms with van der Waals surface area (Å²) in [5.41, 5.74) is 0.231. The van der Waals surface area contributed by atoms with Gasteiger partial charge in [0.1, 0.15) is 5.58 Å². The number of nitrogens with one attached hydrogen (secondary N) is 1. The Hall–Kier alpha value is -2.83. The van der Waals surface area contributed by atoms with Crippen LogP contribution in [0.2, 0.25) is 10.0 Å². The highest BCUT2D eigenvalue weighted by atomic mass is 35.5. The Balaban J connectivity index is 1.73. The Bertz CT molecular complexity index is 1070. The van der Waals surface area contributed by atoms with E-state index in [0.29, 0.717) is 21.1 Å². The summed E-state index contributed by atoms with van der Waals surface area (Å²) < 4.78 is 10.5. The number of anilines is 1. The summed E-state index contributed by atoms with van der Waals surface area (Å²) >= 11 is 11.8. The third kappa shape index (κ3) is 4.48. The monoisotopic (exact) mass is 405 g/mol. The fraction of sp³-hybridized carbons (Fsp3) is 0.105. The Morgan fingerprint density at radius 3 is 2.44 bits per heavy atom. The molecule has 0 aliphatic carbocycles. The number of fused-ring (bicyclic) bond motifs is 1. The first-order valence-electron chi connectivity index (χ1n) is 7.84. The van der Waals surface area contributed by atoms with Crippen LogP contribution in [-0.2, 0) is 9.53 Å². The first kappa shape index (κ1) is 18.9. The molecule has 3 rings (SSSR count). The van der Waals surface area contributed by atoms with Crippen LogP contribution in [0, 0.1) is 0 Å². The van der Waals surface area contributed by atoms with Crippen LogP contribution in [0.15, 0.2) is 57.7 Å². The Kier molecular flexibility index (Phi) is 5.48. The second kappa shape index (κ2) is 7.82. The maximum absolute atomic E-state index is 12.2. The van der Waals surface area contributed by atoms with Gasteiger partial charge in [0.25, 0.3) is 5.91 Å². The lowest BCUT2D eigenvalue weighted by atomic mass is 10.2. The molecule has 0 saturated heterocycles. The minimum Gasteiger partial charge on any atom is -0.449 e. The number of amides is 1. The first-order chi connectivity index (χ1) is 12.8. The number of hydrogen-bond donors (Lipinski definition) is 1. The average Bonchev–Trinajstić information content (AvgIpc) is 2.60. The lowest BCUT2D eigenvalue weighted by Gasteiger charge is -2.13. The van der Waals surface area contributed by atoms with Crippen molar-refractivity contribution in [1.29, 1.82) is 0 Å². The highest BCUT2D eigenvalue weighted by Crippen LogP contribution is 2.22. The summed E-state index contributed by atoms with van der Waals surface area (Å²) in [6.07, 6.45) is -1.15. The maximum Gasteiger partial charge on any atom is 0.375 e. The topological polar surface area (TPSA) is 85.6 Å². The summed E-state index contributed by atoms with van der Waals surface area (Å²) in [6.45, 7) is 1.39. The molecular weight excluding hydrogens is 393 g/mol. The van der Waals surface area contributed by atoms with Gasteiger partial charge in [0.2, 0.25) is 5.76 Å². The predicted octanol–water partition coefficient (Wildman–Crippen LogP) is 4.28. The van der Waals surface area contributed by atoms with Crippen LogP contribution in [0.1, 0.15) is 17.5 Å². The van der Waals surface area contributed by atoms with Crippen LogP contribution in [0.25, 0.3) is 11.0 Å². The van der Waals surface area contributed by atoms with Crippen molar-refractivity contribution in [3.05, 3.63) is 74.6 Å². The SMILES string of the molecule is C[C@H](OC(=O)c1cc(=O)c2ccccc2o1)C(=O)Nc1cc(Cl)cc(Cl)c1. The highest BCUT2D eigenvalue weighted by molar-refractivity contribution is 6.35. The van der Waals surface area contributed by atoms with Gasteiger partial charge in [-0.2, -0.15) is 0 Å². The molecule has 0 aliphatic rings. The molecule has 0 unspecified atom stereocenters. The zero-order valence-electron chi connectivity index (χ0n) is 14.0. The molecule has 6 nitrogen and oxygen atoms in total. The van der Waals surface area contributed by atoms with Crippen molar-refractivity contribution in [3.63, 3.8) is 0 Å². The number of hydrogen-bond acceptors (Lipinski definition) is 5. The van der Waals surface area contributed by atoms with Gasteiger partial charge in [-0.1, -0.05) is 35.3 Å². The Morgan fingerprint density at radius 1 is 1.07 bits per heavy atom. The van der Waals surface area contributed by atoms with E-state index >= 15 is 0 Å². The molecule has 0 bridgehead atoms. The molecule has 3 aromatic rings. The van der Waals surface area contributed by atoms with Gasteiger partial charge in [0.05, 0.1) is 5.39 Å². The highest BCUT2D eigenvalue weighted by Gasteiger charge is 2.21. The molecule has 0 radical (unpaired) electrons. The van der Waals surface area contributed by atoms with E-state index in [4.69, 9.17) is 32.4 Å². The molecule has 1 N–H and O–H groups in total. The minimum atomic E-state index is -1.15. The molecule has 0 aliphatic heterocycles. The van der Waals surface area contributed by atoms with E-state index in [1.807, 2.05) is 0 Å². The van der Waals surface area contributed by atoms with Gasteiger partial charge in [-0.05, 0) is 37.3 Å². The lowest BCUT2D eigenvalue weighted by Crippen LogP contribution is -2.30. The van der Waals surface area contributed by atoms with E-state index in [0.717, 1.165) is 6.07 Å². The molecular formula is C19H13Cl2NO5. The number of carbonyl (C=O) groups excluding carboxylic acids is 2. The third-order valence-corrected chi connectivity index (χ3v) is 4.06. The molecule has 138 valence electrons. The molecule has 0 spiro atoms. The summed E-state index contributed by atoms with van der Waals surface area (Å²) in [7, 11) is 0. The maximum atomic E-state index is 12.2. The van der Waals surface area contributed by atoms with Gasteiger partial charge < -0.3 is 14.5 Å². The quantitative estimate of drug-likeness (QED) is 0.654. The molecule has 0 fully saturated rings. The van der Waals surface area contributed by atoms with Crippen molar-refractivity contribution in [2.24, 2.45) is 0 Å². The van der Waals surface area contributed by atoms with Gasteiger partial charge in [-0.25, -0.2) is 4.79 Å². The van der Waals surface area contributed by atoms with Gasteiger partial charge in [0.15, 0.2) is 11.5 Å². The summed E-state index contributed by atoms with van der Waals surface area (Å²) in [4.78, 5) is 36.5. The van der Waals surface area contributed by atoms with Gasteiger partial charge in [-0.15, -0.1) is 0 Å². The molecule has 8 heteroatoms. The predicted molar refractivity (Wildman–Crippen MR) is 102 cm³/mol. The largest absolute Gasteiger partial charge is 0.449 e. The van der Waals surface area contributed by atoms with Crippen LogP contribution in [0.3, 0.4) is 0 Å². The van der Waals surface area contributed by atoms with Crippen molar-refractivity contribution in [2.45, 2.75) is 13.0 Å². The van der Waals surface area contributed by atoms with Crippen molar-refractivity contribution in [2.75, 3.05) is 5.32 Å². The summed E-state index contributed by atoms with van der Waals surface area (Å²) in [6, 6.07) is 12.1. The molecule has 27 heavy (non-hydrogen) atoms. The Labute approximate surface area is 163 Å². The standard InChI is InChI=1S/C19H13Cl2NO5/c1-10(18(24)22-13-7-11(20)6-12(21)8-13)26-19(25)17-9-15(23)14-4-2-3-5-16(14)27-17/h2-10H,1H3,(H,22,24)/t10-/m0/s1. The van der Waals surface area contributed by atoms with Crippen LogP contribution >= 0.6 is 23.2 Å². The normalized spacial score (nSPS) is 11.8. The smallest absolute Gasteiger partial charge is 0.375 e. The van der Waals surface area contributed by atoms with E-state index in [-0.39, 0.29) is 16.8 Å². The van der Waals surface area contributed by atoms with Gasteiger partial charge >= 0.3 is 5.97 Å². The average molecular weight is 406 g/mol. The first-order valence-corrected chi connectivity index (χ1v) is 8.60. The molecule has 1 aromatic heterocycles. The van der Waals surface area contributed by atoms with Crippen LogP contribution in [0.5, 0.6) is 0 Å². The molecule has 1 atom stereocenters. The zero-order chi connectivity index (χ0) is 19.6. The molecule has 1 amide bonds. The number of halogens is 2. The van der Waals surface area contributed by atoms with E-state index in [2.05, 4.69) is 5.32 Å². The summed E-state index contributed by atoms with van der Waals surface area (Å²) in [5, 5.41) is 3.58. The Morgan fingerprint density at radius 2 is 1.74 bits per heavy atom. The molecule has 2 aromatic carbocycles. The number of para-hydroxylation sites is 1. The number of rotatable bonds is 4. The third-order valence-electron chi connectivity index (χ3n) is 3.62.